The topological polar surface area (TPSA) is 149 Å². The highest BCUT2D eigenvalue weighted by molar-refractivity contribution is 5.15. The number of rotatable bonds is 16. The van der Waals surface area contributed by atoms with Crippen LogP contribution in [0.2, 0.25) is 0 Å². The molecule has 2 aromatic carbocycles. The highest BCUT2D eigenvalue weighted by Crippen LogP contribution is 2.44. The fourth-order valence-corrected chi connectivity index (χ4v) is 8.65. The molecule has 0 aliphatic carbocycles. The Balaban J connectivity index is 1.25. The van der Waals surface area contributed by atoms with Crippen molar-refractivity contribution in [2.45, 2.75) is 172 Å². The molecule has 5 saturated heterocycles. The Bertz CT molecular complexity index is 1610. The van der Waals surface area contributed by atoms with Gasteiger partial charge in [0.05, 0.1) is 38.6 Å². The molecule has 6 unspecified atom stereocenters. The quantitative estimate of drug-likeness (QED) is 0.230. The monoisotopic (exact) mass is 832 g/mol. The molecule has 7 rings (SSSR count). The van der Waals surface area contributed by atoms with Gasteiger partial charge >= 0.3 is 0 Å². The van der Waals surface area contributed by atoms with E-state index in [4.69, 9.17) is 66.3 Å². The van der Waals surface area contributed by atoms with Crippen LogP contribution in [0.3, 0.4) is 0 Å². The molecule has 0 aromatic heterocycles. The molecule has 330 valence electrons. The van der Waals surface area contributed by atoms with Gasteiger partial charge in [-0.3, -0.25) is 0 Å². The summed E-state index contributed by atoms with van der Waals surface area (Å²) in [6.45, 7) is 15.4. The van der Waals surface area contributed by atoms with Gasteiger partial charge in [-0.25, -0.2) is 0 Å². The highest BCUT2D eigenvalue weighted by atomic mass is 16.8. The number of hydrogen-bond donors (Lipinski definition) is 1. The maximum absolute atomic E-state index is 10.7. The van der Waals surface area contributed by atoms with Crippen molar-refractivity contribution in [1.29, 1.82) is 0 Å². The van der Waals surface area contributed by atoms with E-state index in [2.05, 4.69) is 6.92 Å². The molecule has 1 N–H and O–H groups in total. The maximum Gasteiger partial charge on any atom is 0.187 e. The van der Waals surface area contributed by atoms with Gasteiger partial charge in [-0.2, -0.15) is 0 Å². The Labute approximate surface area is 348 Å². The summed E-state index contributed by atoms with van der Waals surface area (Å²) in [5, 5.41) is 10.7. The Hall–Kier alpha value is -2.16. The number of methoxy groups -OCH3 is 2. The molecule has 0 spiro atoms. The summed E-state index contributed by atoms with van der Waals surface area (Å²) in [5.74, 6) is -3.09. The van der Waals surface area contributed by atoms with Gasteiger partial charge in [0.1, 0.15) is 54.9 Å². The lowest BCUT2D eigenvalue weighted by molar-refractivity contribution is -0.370. The Morgan fingerprint density at radius 1 is 0.661 bits per heavy atom. The summed E-state index contributed by atoms with van der Waals surface area (Å²) in [6, 6.07) is 19.9. The van der Waals surface area contributed by atoms with Crippen LogP contribution in [0, 0.1) is 5.92 Å². The van der Waals surface area contributed by atoms with Crippen molar-refractivity contribution in [2.24, 2.45) is 5.92 Å². The van der Waals surface area contributed by atoms with E-state index >= 15 is 0 Å². The first-order chi connectivity index (χ1) is 28.1. The lowest BCUT2D eigenvalue weighted by Gasteiger charge is -2.48. The number of ether oxygens (including phenoxy) is 14. The van der Waals surface area contributed by atoms with E-state index in [-0.39, 0.29) is 31.8 Å². The average Bonchev–Trinajstić information content (AvgIpc) is 3.85. The van der Waals surface area contributed by atoms with E-state index in [1.54, 1.807) is 0 Å². The van der Waals surface area contributed by atoms with E-state index in [1.807, 2.05) is 109 Å². The van der Waals surface area contributed by atoms with Crippen LogP contribution in [0.4, 0.5) is 0 Å². The van der Waals surface area contributed by atoms with Crippen molar-refractivity contribution in [1.82, 2.24) is 0 Å². The van der Waals surface area contributed by atoms with Crippen LogP contribution in [0.1, 0.15) is 66.5 Å². The number of benzene rings is 2. The van der Waals surface area contributed by atoms with Gasteiger partial charge in [0.2, 0.25) is 0 Å². The molecule has 5 heterocycles. The van der Waals surface area contributed by atoms with Gasteiger partial charge in [-0.05, 0) is 59.6 Å². The smallest absolute Gasteiger partial charge is 0.187 e. The minimum Gasteiger partial charge on any atom is -0.394 e. The molecule has 5 aliphatic rings. The molecule has 15 nitrogen and oxygen atoms in total. The second-order valence-corrected chi connectivity index (χ2v) is 17.4. The van der Waals surface area contributed by atoms with Crippen LogP contribution in [-0.4, -0.2) is 136 Å². The van der Waals surface area contributed by atoms with Crippen LogP contribution in [0.5, 0.6) is 0 Å². The average molecular weight is 833 g/mol. The number of aliphatic hydroxyl groups excluding tert-OH is 1. The van der Waals surface area contributed by atoms with Gasteiger partial charge in [0.25, 0.3) is 0 Å². The molecule has 5 aliphatic heterocycles. The van der Waals surface area contributed by atoms with Gasteiger partial charge in [-0.1, -0.05) is 67.6 Å². The van der Waals surface area contributed by atoms with Crippen molar-refractivity contribution in [2.75, 3.05) is 27.4 Å². The standard InChI is InChI=1S/C44H64O15/c1-25-26(2)51-40(36(49-23-28-19-15-12-16-20-28)31(25)48-22-27-17-13-11-14-18-27)54-37-35-33(56-43(5,6)58-35)29(21-45)52-41(37)53-32(30-24-50-42(3,4)55-30)34-38(39(46-9)47-10)59-44(7,8)57-34/h11-20,25-26,29-41,45H,21-24H2,1-10H3/t25-,26?,29?,30?,31+,32-,33+,34+,35+,36?,37?,38?,40+,41+/m1/s1. The maximum atomic E-state index is 10.7. The van der Waals surface area contributed by atoms with E-state index in [1.165, 1.54) is 14.2 Å². The highest BCUT2D eigenvalue weighted by Gasteiger charge is 2.61. The van der Waals surface area contributed by atoms with Crippen molar-refractivity contribution >= 4 is 0 Å². The van der Waals surface area contributed by atoms with Gasteiger partial charge in [0.15, 0.2) is 36.2 Å². The summed E-state index contributed by atoms with van der Waals surface area (Å²) in [6.07, 6.45) is -10.9. The van der Waals surface area contributed by atoms with Gasteiger partial charge in [0, 0.05) is 20.1 Å². The third kappa shape index (κ3) is 10.4. The van der Waals surface area contributed by atoms with Crippen LogP contribution in [0.25, 0.3) is 0 Å². The molecule has 14 atom stereocenters. The lowest BCUT2D eigenvalue weighted by Crippen LogP contribution is -2.64. The third-order valence-corrected chi connectivity index (χ3v) is 11.6. The summed E-state index contributed by atoms with van der Waals surface area (Å²) in [7, 11) is 3.07. The number of aliphatic hydroxyl groups is 1. The van der Waals surface area contributed by atoms with Crippen LogP contribution < -0.4 is 0 Å². The minimum atomic E-state index is -1.20. The number of hydrogen-bond acceptors (Lipinski definition) is 15. The summed E-state index contributed by atoms with van der Waals surface area (Å²) in [5.41, 5.74) is 2.01. The zero-order valence-electron chi connectivity index (χ0n) is 35.9. The first kappa shape index (κ1) is 44.9. The van der Waals surface area contributed by atoms with Crippen LogP contribution in [0.15, 0.2) is 60.7 Å². The molecule has 59 heavy (non-hydrogen) atoms. The summed E-state index contributed by atoms with van der Waals surface area (Å²) >= 11 is 0. The van der Waals surface area contributed by atoms with Crippen molar-refractivity contribution in [3.05, 3.63) is 71.8 Å². The predicted octanol–water partition coefficient (Wildman–Crippen LogP) is 4.84. The summed E-state index contributed by atoms with van der Waals surface area (Å²) in [4.78, 5) is 0. The van der Waals surface area contributed by atoms with Crippen LogP contribution >= 0.6 is 0 Å². The van der Waals surface area contributed by atoms with Gasteiger partial charge < -0.3 is 71.4 Å². The number of fused-ring (bicyclic) bond motifs is 1. The van der Waals surface area contributed by atoms with E-state index in [9.17, 15) is 5.11 Å². The second kappa shape index (κ2) is 18.7. The largest absolute Gasteiger partial charge is 0.394 e. The molecule has 5 fully saturated rings. The Morgan fingerprint density at radius 3 is 1.81 bits per heavy atom. The van der Waals surface area contributed by atoms with E-state index in [0.717, 1.165) is 11.1 Å². The predicted molar refractivity (Wildman–Crippen MR) is 209 cm³/mol. The third-order valence-electron chi connectivity index (χ3n) is 11.6. The molecular weight excluding hydrogens is 768 g/mol. The summed E-state index contributed by atoms with van der Waals surface area (Å²) < 4.78 is 90.9. The first-order valence-corrected chi connectivity index (χ1v) is 20.7. The molecule has 0 radical (unpaired) electrons. The van der Waals surface area contributed by atoms with Crippen LogP contribution in [-0.2, 0) is 79.5 Å². The zero-order valence-corrected chi connectivity index (χ0v) is 35.9. The normalized spacial score (nSPS) is 38.1. The molecular formula is C44H64O15. The zero-order chi connectivity index (χ0) is 42.1. The molecule has 0 bridgehead atoms. The SMILES string of the molecule is COC(OC)C1OC(C)(C)O[C@H]1[C@H](O[C@@H]1OC(CO)[C@@H]2OC(C)(C)O[C@@H]2C1O[C@@H]1OC(C)[C@@H](C)[C@H](OCc2ccccc2)C1OCc1ccccc1)C1COC(C)(C)O1. The van der Waals surface area contributed by atoms with Crippen molar-refractivity contribution in [3.8, 4) is 0 Å². The van der Waals surface area contributed by atoms with E-state index in [0.29, 0.717) is 6.61 Å². The Kier molecular flexibility index (Phi) is 14.2. The molecule has 0 amide bonds. The molecule has 15 heteroatoms. The molecule has 0 saturated carbocycles. The lowest BCUT2D eigenvalue weighted by atomic mass is 9.90. The molecule has 2 aromatic rings. The van der Waals surface area contributed by atoms with E-state index < -0.39 is 97.3 Å². The van der Waals surface area contributed by atoms with Crippen molar-refractivity contribution in [3.63, 3.8) is 0 Å². The Morgan fingerprint density at radius 2 is 1.24 bits per heavy atom. The first-order valence-electron chi connectivity index (χ1n) is 20.7. The fourth-order valence-electron chi connectivity index (χ4n) is 8.65. The van der Waals surface area contributed by atoms with Gasteiger partial charge in [-0.15, -0.1) is 0 Å². The van der Waals surface area contributed by atoms with Crippen molar-refractivity contribution < 1.29 is 71.4 Å². The second-order valence-electron chi connectivity index (χ2n) is 17.4. The minimum absolute atomic E-state index is 0.0768. The fraction of sp³-hybridized carbons (Fsp3) is 0.727.